The Hall–Kier alpha value is -2.64. The normalized spacial score (nSPS) is 15.6. The molecule has 0 unspecified atom stereocenters. The number of phenols is 1. The topological polar surface area (TPSA) is 69.6 Å². The minimum absolute atomic E-state index is 0.0246. The second-order valence-electron chi connectivity index (χ2n) is 5.79. The number of para-hydroxylation sites is 1. The first-order valence-electron chi connectivity index (χ1n) is 7.78. The Labute approximate surface area is 160 Å². The zero-order valence-electron chi connectivity index (χ0n) is 14.1. The number of nitrogens with zero attached hydrogens (tertiary/aromatic N) is 1. The molecule has 1 heterocycles. The number of rotatable bonds is 3. The summed E-state index contributed by atoms with van der Waals surface area (Å²) in [5, 5.41) is 12.6. The molecule has 3 rings (SSSR count). The van der Waals surface area contributed by atoms with Gasteiger partial charge in [-0.1, -0.05) is 48.2 Å². The fourth-order valence-corrected chi connectivity index (χ4v) is 3.61. The van der Waals surface area contributed by atoms with Gasteiger partial charge in [0.1, 0.15) is 10.1 Å². The van der Waals surface area contributed by atoms with Crippen LogP contribution in [0.5, 0.6) is 5.75 Å². The number of likely N-dealkylation sites (N-methyl/N-ethyl adjacent to an activating group) is 1. The van der Waals surface area contributed by atoms with E-state index in [1.54, 1.807) is 43.5 Å². The SMILES string of the molecule is Cc1cccc(O)c1NC(=O)c1ccc(/C=C2\SC(=S)N(C)C2=O)cc1. The quantitative estimate of drug-likeness (QED) is 0.479. The zero-order valence-corrected chi connectivity index (χ0v) is 15.8. The molecule has 0 bridgehead atoms. The van der Waals surface area contributed by atoms with Crippen LogP contribution in [0.4, 0.5) is 5.69 Å². The molecule has 0 saturated carbocycles. The van der Waals surface area contributed by atoms with Crippen LogP contribution < -0.4 is 5.32 Å². The summed E-state index contributed by atoms with van der Waals surface area (Å²) < 4.78 is 0.523. The minimum atomic E-state index is -0.318. The molecule has 1 aliphatic rings. The number of carbonyl (C=O) groups is 2. The van der Waals surface area contributed by atoms with Crippen LogP contribution in [-0.4, -0.2) is 33.2 Å². The van der Waals surface area contributed by atoms with Crippen LogP contribution >= 0.6 is 24.0 Å². The molecule has 0 aromatic heterocycles. The highest BCUT2D eigenvalue weighted by Crippen LogP contribution is 2.31. The Morgan fingerprint density at radius 2 is 1.92 bits per heavy atom. The van der Waals surface area contributed by atoms with Gasteiger partial charge in [-0.2, -0.15) is 0 Å². The molecular formula is C19H16N2O3S2. The number of hydrogen-bond acceptors (Lipinski definition) is 5. The van der Waals surface area contributed by atoms with Crippen molar-refractivity contribution in [3.63, 3.8) is 0 Å². The molecule has 2 aromatic rings. The van der Waals surface area contributed by atoms with Crippen LogP contribution in [0.3, 0.4) is 0 Å². The third-order valence-electron chi connectivity index (χ3n) is 3.95. The lowest BCUT2D eigenvalue weighted by Crippen LogP contribution is -2.22. The maximum Gasteiger partial charge on any atom is 0.265 e. The third-order valence-corrected chi connectivity index (χ3v) is 5.43. The molecule has 1 saturated heterocycles. The maximum absolute atomic E-state index is 12.4. The van der Waals surface area contributed by atoms with Gasteiger partial charge in [-0.3, -0.25) is 14.5 Å². The van der Waals surface area contributed by atoms with Gasteiger partial charge in [0.05, 0.1) is 10.6 Å². The van der Waals surface area contributed by atoms with E-state index in [2.05, 4.69) is 5.32 Å². The molecule has 1 aliphatic heterocycles. The first-order chi connectivity index (χ1) is 12.4. The highest BCUT2D eigenvalue weighted by molar-refractivity contribution is 8.26. The smallest absolute Gasteiger partial charge is 0.265 e. The number of anilines is 1. The van der Waals surface area contributed by atoms with E-state index in [4.69, 9.17) is 12.2 Å². The van der Waals surface area contributed by atoms with Crippen LogP contribution in [0.15, 0.2) is 47.4 Å². The number of benzene rings is 2. The summed E-state index contributed by atoms with van der Waals surface area (Å²) >= 11 is 6.36. The van der Waals surface area contributed by atoms with Gasteiger partial charge >= 0.3 is 0 Å². The number of aromatic hydroxyl groups is 1. The van der Waals surface area contributed by atoms with E-state index in [-0.39, 0.29) is 17.6 Å². The number of thioether (sulfide) groups is 1. The van der Waals surface area contributed by atoms with Crippen molar-refractivity contribution in [2.24, 2.45) is 0 Å². The number of aryl methyl sites for hydroxylation is 1. The summed E-state index contributed by atoms with van der Waals surface area (Å²) in [5.41, 5.74) is 2.42. The van der Waals surface area contributed by atoms with Crippen molar-refractivity contribution in [3.8, 4) is 5.75 Å². The van der Waals surface area contributed by atoms with Gasteiger partial charge in [0, 0.05) is 12.6 Å². The first-order valence-corrected chi connectivity index (χ1v) is 9.01. The average Bonchev–Trinajstić information content (AvgIpc) is 2.86. The lowest BCUT2D eigenvalue weighted by Gasteiger charge is -2.10. The van der Waals surface area contributed by atoms with Crippen molar-refractivity contribution in [2.75, 3.05) is 12.4 Å². The summed E-state index contributed by atoms with van der Waals surface area (Å²) in [5.74, 6) is -0.422. The monoisotopic (exact) mass is 384 g/mol. The zero-order chi connectivity index (χ0) is 18.8. The molecular weight excluding hydrogens is 368 g/mol. The predicted octanol–water partition coefficient (Wildman–Crippen LogP) is 3.78. The molecule has 26 heavy (non-hydrogen) atoms. The third kappa shape index (κ3) is 3.63. The van der Waals surface area contributed by atoms with Gasteiger partial charge in [0.15, 0.2) is 0 Å². The van der Waals surface area contributed by atoms with E-state index in [1.165, 1.54) is 22.7 Å². The van der Waals surface area contributed by atoms with E-state index in [9.17, 15) is 14.7 Å². The standard InChI is InChI=1S/C19H16N2O3S2/c1-11-4-3-5-14(22)16(11)20-17(23)13-8-6-12(7-9-13)10-15-18(24)21(2)19(25)26-15/h3-10,22H,1-2H3,(H,20,23)/b15-10-. The van der Waals surface area contributed by atoms with Gasteiger partial charge in [0.2, 0.25) is 0 Å². The first kappa shape index (κ1) is 18.2. The number of hydrogen-bond donors (Lipinski definition) is 2. The number of phenolic OH excluding ortho intramolecular Hbond substituents is 1. The van der Waals surface area contributed by atoms with Gasteiger partial charge in [-0.05, 0) is 42.3 Å². The Bertz CT molecular complexity index is 916. The highest BCUT2D eigenvalue weighted by Gasteiger charge is 2.28. The van der Waals surface area contributed by atoms with Gasteiger partial charge in [-0.15, -0.1) is 0 Å². The molecule has 2 aromatic carbocycles. The van der Waals surface area contributed by atoms with Crippen LogP contribution in [-0.2, 0) is 4.79 Å². The van der Waals surface area contributed by atoms with E-state index in [0.717, 1.165) is 11.1 Å². The summed E-state index contributed by atoms with van der Waals surface area (Å²) in [4.78, 5) is 26.4. The Balaban J connectivity index is 1.77. The lowest BCUT2D eigenvalue weighted by molar-refractivity contribution is -0.121. The van der Waals surface area contributed by atoms with Crippen molar-refractivity contribution in [1.29, 1.82) is 0 Å². The molecule has 0 spiro atoms. The number of thiocarbonyl (C=S) groups is 1. The lowest BCUT2D eigenvalue weighted by atomic mass is 10.1. The largest absolute Gasteiger partial charge is 0.506 e. The van der Waals surface area contributed by atoms with Gasteiger partial charge in [-0.25, -0.2) is 0 Å². The second kappa shape index (κ2) is 7.31. The number of amides is 2. The maximum atomic E-state index is 12.4. The van der Waals surface area contributed by atoms with Crippen molar-refractivity contribution in [3.05, 3.63) is 64.1 Å². The van der Waals surface area contributed by atoms with E-state index in [0.29, 0.717) is 20.5 Å². The van der Waals surface area contributed by atoms with Crippen LogP contribution in [0, 0.1) is 6.92 Å². The molecule has 5 nitrogen and oxygen atoms in total. The summed E-state index contributed by atoms with van der Waals surface area (Å²) in [6, 6.07) is 11.9. The predicted molar refractivity (Wildman–Crippen MR) is 108 cm³/mol. The number of nitrogens with one attached hydrogen (secondary N) is 1. The molecule has 0 atom stereocenters. The second-order valence-corrected chi connectivity index (χ2v) is 7.46. The van der Waals surface area contributed by atoms with Crippen molar-refractivity contribution in [2.45, 2.75) is 6.92 Å². The number of carbonyl (C=O) groups excluding carboxylic acids is 2. The molecule has 2 N–H and O–H groups in total. The van der Waals surface area contributed by atoms with Crippen molar-refractivity contribution in [1.82, 2.24) is 4.90 Å². The average molecular weight is 384 g/mol. The molecule has 0 aliphatic carbocycles. The molecule has 132 valence electrons. The van der Waals surface area contributed by atoms with Gasteiger partial charge < -0.3 is 10.4 Å². The fourth-order valence-electron chi connectivity index (χ4n) is 2.43. The Morgan fingerprint density at radius 3 is 2.50 bits per heavy atom. The van der Waals surface area contributed by atoms with Gasteiger partial charge in [0.25, 0.3) is 11.8 Å². The summed E-state index contributed by atoms with van der Waals surface area (Å²) in [6.07, 6.45) is 1.75. The van der Waals surface area contributed by atoms with E-state index >= 15 is 0 Å². The van der Waals surface area contributed by atoms with Crippen LogP contribution in [0.2, 0.25) is 0 Å². The van der Waals surface area contributed by atoms with Crippen molar-refractivity contribution < 1.29 is 14.7 Å². The van der Waals surface area contributed by atoms with E-state index in [1.807, 2.05) is 13.0 Å². The van der Waals surface area contributed by atoms with E-state index < -0.39 is 0 Å². The summed E-state index contributed by atoms with van der Waals surface area (Å²) in [7, 11) is 1.65. The molecule has 2 amide bonds. The minimum Gasteiger partial charge on any atom is -0.506 e. The molecule has 0 radical (unpaired) electrons. The van der Waals surface area contributed by atoms with Crippen LogP contribution in [0.25, 0.3) is 6.08 Å². The Morgan fingerprint density at radius 1 is 1.23 bits per heavy atom. The van der Waals surface area contributed by atoms with Crippen LogP contribution in [0.1, 0.15) is 21.5 Å². The molecule has 1 fully saturated rings. The highest BCUT2D eigenvalue weighted by atomic mass is 32.2. The molecule has 7 heteroatoms. The Kier molecular flexibility index (Phi) is 5.11. The fraction of sp³-hybridized carbons (Fsp3) is 0.105. The van der Waals surface area contributed by atoms with Crippen molar-refractivity contribution >= 4 is 51.9 Å². The summed E-state index contributed by atoms with van der Waals surface area (Å²) in [6.45, 7) is 1.81.